The minimum Gasteiger partial charge on any atom is -0.458 e. The molecule has 0 spiro atoms. The number of aliphatic hydroxyl groups excluding tert-OH is 1. The van der Waals surface area contributed by atoms with Crippen LogP contribution in [0.3, 0.4) is 0 Å². The second-order valence-corrected chi connectivity index (χ2v) is 10.5. The van der Waals surface area contributed by atoms with Crippen molar-refractivity contribution in [2.24, 2.45) is 0 Å². The fourth-order valence-electron chi connectivity index (χ4n) is 5.60. The number of rotatable bonds is 6. The minimum absolute atomic E-state index is 0.00362. The average Bonchev–Trinajstić information content (AvgIpc) is 3.44. The Kier molecular flexibility index (Phi) is 7.13. The van der Waals surface area contributed by atoms with Gasteiger partial charge < -0.3 is 24.4 Å². The molecule has 0 aromatic carbocycles. The molecule has 4 heterocycles. The fourth-order valence-corrected chi connectivity index (χ4v) is 6.21. The van der Waals surface area contributed by atoms with Gasteiger partial charge in [-0.05, 0) is 47.3 Å². The third kappa shape index (κ3) is 4.14. The second kappa shape index (κ2) is 10.2. The molecule has 38 heavy (non-hydrogen) atoms. The number of ether oxygens (including phenoxy) is 1. The molecule has 1 atom stereocenters. The molecule has 0 saturated heterocycles. The van der Waals surface area contributed by atoms with Gasteiger partial charge in [0.2, 0.25) is 0 Å². The summed E-state index contributed by atoms with van der Waals surface area (Å²) in [5.74, 6) is 0.883. The summed E-state index contributed by atoms with van der Waals surface area (Å²) in [6, 6.07) is 2.80. The molecule has 9 nitrogen and oxygen atoms in total. The van der Waals surface area contributed by atoms with E-state index in [9.17, 15) is 29.0 Å². The van der Waals surface area contributed by atoms with Crippen molar-refractivity contribution >= 4 is 39.2 Å². The molecule has 2 aromatic heterocycles. The van der Waals surface area contributed by atoms with E-state index >= 15 is 0 Å². The number of pyridine rings is 2. The summed E-state index contributed by atoms with van der Waals surface area (Å²) < 4.78 is 21.8. The quantitative estimate of drug-likeness (QED) is 0.391. The van der Waals surface area contributed by atoms with Gasteiger partial charge in [0.25, 0.3) is 5.56 Å². The maximum Gasteiger partial charge on any atom is 0.343 e. The third-order valence-corrected chi connectivity index (χ3v) is 8.51. The first-order valence-corrected chi connectivity index (χ1v) is 13.4. The summed E-state index contributed by atoms with van der Waals surface area (Å²) in [6.07, 6.45) is 5.24. The van der Waals surface area contributed by atoms with Gasteiger partial charge in [-0.1, -0.05) is 19.8 Å². The van der Waals surface area contributed by atoms with E-state index in [1.165, 1.54) is 16.8 Å². The fraction of sp³-hybridized carbons (Fsp3) is 0.444. The van der Waals surface area contributed by atoms with Gasteiger partial charge in [0.15, 0.2) is 5.60 Å². The maximum atomic E-state index is 14.8. The maximum absolute atomic E-state index is 14.8. The molecule has 0 bridgehead atoms. The van der Waals surface area contributed by atoms with Gasteiger partial charge in [0.1, 0.15) is 24.2 Å². The van der Waals surface area contributed by atoms with Crippen LogP contribution < -0.4 is 10.5 Å². The van der Waals surface area contributed by atoms with Crippen LogP contribution in [0.2, 0.25) is 0 Å². The summed E-state index contributed by atoms with van der Waals surface area (Å²) in [5, 5.41) is 20.3. The first-order chi connectivity index (χ1) is 18.2. The molecule has 2 aromatic rings. The number of nitrogens with zero attached hydrogens (tertiary/aromatic N) is 3. The number of cyclic esters (lactones) is 1. The van der Waals surface area contributed by atoms with E-state index < -0.39 is 22.9 Å². The lowest BCUT2D eigenvalue weighted by Crippen LogP contribution is -2.45. The Balaban J connectivity index is 1.65. The molecule has 0 unspecified atom stereocenters. The summed E-state index contributed by atoms with van der Waals surface area (Å²) in [4.78, 5) is 44.4. The standard InChI is InChI=1S/C27H27BrFN3O6/c1-2-27(37)19-7-9-31(25(35)18(19)14-38-26(27)36)12-22-23(28)17(13-34)16-11-20(29)21(8-10-33)30-24(16)32(22)15-5-3-4-6-15/h7,9,11,15,33,37H,2-6,8,10,12,14H2,1H3/t27-/m0/s1. The van der Waals surface area contributed by atoms with E-state index in [1.54, 1.807) is 13.0 Å². The van der Waals surface area contributed by atoms with E-state index in [1.807, 2.05) is 10.8 Å². The molecule has 11 heteroatoms. The second-order valence-electron chi connectivity index (χ2n) is 9.74. The number of anilines is 1. The number of aromatic nitrogens is 2. The Morgan fingerprint density at radius 2 is 2.05 bits per heavy atom. The topological polar surface area (TPSA) is 122 Å². The number of fused-ring (bicyclic) bond motifs is 2. The van der Waals surface area contributed by atoms with Crippen molar-refractivity contribution in [3.8, 4) is 0 Å². The number of esters is 1. The van der Waals surface area contributed by atoms with Crippen LogP contribution in [0, 0.1) is 5.82 Å². The van der Waals surface area contributed by atoms with Gasteiger partial charge in [-0.3, -0.25) is 4.79 Å². The normalized spacial score (nSPS) is 21.3. The molecule has 0 radical (unpaired) electrons. The number of hydrogen-bond donors (Lipinski definition) is 2. The number of allylic oxidation sites excluding steroid dienone is 3. The first-order valence-electron chi connectivity index (χ1n) is 12.6. The van der Waals surface area contributed by atoms with Crippen molar-refractivity contribution in [2.75, 3.05) is 11.5 Å². The Labute approximate surface area is 226 Å². The minimum atomic E-state index is -1.89. The van der Waals surface area contributed by atoms with Crippen LogP contribution in [-0.2, 0) is 39.5 Å². The Morgan fingerprint density at radius 1 is 1.32 bits per heavy atom. The molecule has 2 aliphatic heterocycles. The van der Waals surface area contributed by atoms with Gasteiger partial charge in [-0.2, -0.15) is 0 Å². The third-order valence-electron chi connectivity index (χ3n) is 7.66. The zero-order valence-electron chi connectivity index (χ0n) is 20.8. The highest BCUT2D eigenvalue weighted by Crippen LogP contribution is 2.45. The Hall–Kier alpha value is -3.11. The summed E-state index contributed by atoms with van der Waals surface area (Å²) in [6.45, 7) is 1.13. The average molecular weight is 588 g/mol. The van der Waals surface area contributed by atoms with Gasteiger partial charge in [-0.25, -0.2) is 19.0 Å². The molecule has 1 fully saturated rings. The SMILES string of the molecule is CC[C@@]1(O)C(=O)OCc2c1ccn(CC1=C(Br)C(=C=O)c3cc(F)c(CCO)nc3N1C1CCCC1)c2=O. The van der Waals surface area contributed by atoms with Gasteiger partial charge in [-0.15, -0.1) is 0 Å². The van der Waals surface area contributed by atoms with Crippen LogP contribution in [0.25, 0.3) is 5.57 Å². The Bertz CT molecular complexity index is 1460. The number of carbonyl (C=O) groups excluding carboxylic acids is 2. The molecular formula is C27H27BrFN3O6. The van der Waals surface area contributed by atoms with Crippen LogP contribution >= 0.6 is 15.9 Å². The summed E-state index contributed by atoms with van der Waals surface area (Å²) >= 11 is 3.53. The van der Waals surface area contributed by atoms with Crippen LogP contribution in [0.4, 0.5) is 10.2 Å². The lowest BCUT2D eigenvalue weighted by atomic mass is 9.87. The number of halogens is 2. The predicted octanol–water partition coefficient (Wildman–Crippen LogP) is 2.86. The molecule has 0 amide bonds. The lowest BCUT2D eigenvalue weighted by Gasteiger charge is -2.38. The largest absolute Gasteiger partial charge is 0.458 e. The van der Waals surface area contributed by atoms with Crippen molar-refractivity contribution in [1.29, 1.82) is 0 Å². The molecule has 200 valence electrons. The van der Waals surface area contributed by atoms with Crippen molar-refractivity contribution in [2.45, 2.75) is 70.2 Å². The number of carbonyl (C=O) groups is 1. The van der Waals surface area contributed by atoms with Crippen LogP contribution in [-0.4, -0.2) is 44.3 Å². The van der Waals surface area contributed by atoms with Crippen molar-refractivity contribution in [3.63, 3.8) is 0 Å². The lowest BCUT2D eigenvalue weighted by molar-refractivity contribution is -0.172. The number of hydrogen-bond acceptors (Lipinski definition) is 8. The molecular weight excluding hydrogens is 561 g/mol. The van der Waals surface area contributed by atoms with E-state index in [4.69, 9.17) is 4.74 Å². The van der Waals surface area contributed by atoms with Crippen molar-refractivity contribution in [3.05, 3.63) is 67.1 Å². The van der Waals surface area contributed by atoms with E-state index in [0.29, 0.717) is 21.6 Å². The van der Waals surface area contributed by atoms with E-state index in [2.05, 4.69) is 20.9 Å². The van der Waals surface area contributed by atoms with Crippen LogP contribution in [0.5, 0.6) is 0 Å². The number of aliphatic hydroxyl groups is 2. The Morgan fingerprint density at radius 3 is 2.71 bits per heavy atom. The van der Waals surface area contributed by atoms with Gasteiger partial charge >= 0.3 is 5.97 Å². The molecule has 5 rings (SSSR count). The summed E-state index contributed by atoms with van der Waals surface area (Å²) in [5.41, 5.74) is -0.862. The van der Waals surface area contributed by atoms with Crippen molar-refractivity contribution < 1.29 is 28.9 Å². The predicted molar refractivity (Wildman–Crippen MR) is 139 cm³/mol. The molecule has 3 aliphatic rings. The highest BCUT2D eigenvalue weighted by Gasteiger charge is 2.44. The zero-order valence-corrected chi connectivity index (χ0v) is 22.4. The molecule has 1 aliphatic carbocycles. The first kappa shape index (κ1) is 26.5. The smallest absolute Gasteiger partial charge is 0.343 e. The molecule has 2 N–H and O–H groups in total. The monoisotopic (exact) mass is 587 g/mol. The van der Waals surface area contributed by atoms with Gasteiger partial charge in [0.05, 0.1) is 33.6 Å². The highest BCUT2D eigenvalue weighted by molar-refractivity contribution is 9.12. The van der Waals surface area contributed by atoms with Crippen molar-refractivity contribution in [1.82, 2.24) is 9.55 Å². The van der Waals surface area contributed by atoms with E-state index in [-0.39, 0.29) is 61.0 Å². The zero-order chi connectivity index (χ0) is 27.2. The summed E-state index contributed by atoms with van der Waals surface area (Å²) in [7, 11) is 0. The van der Waals surface area contributed by atoms with E-state index in [0.717, 1.165) is 25.7 Å². The molecule has 1 saturated carbocycles. The highest BCUT2D eigenvalue weighted by atomic mass is 79.9. The van der Waals surface area contributed by atoms with Gasteiger partial charge in [0, 0.05) is 36.4 Å². The van der Waals surface area contributed by atoms with Crippen LogP contribution in [0.1, 0.15) is 61.4 Å². The van der Waals surface area contributed by atoms with Crippen LogP contribution in [0.15, 0.2) is 33.3 Å².